The van der Waals surface area contributed by atoms with Crippen molar-refractivity contribution in [1.82, 2.24) is 4.98 Å². The van der Waals surface area contributed by atoms with Crippen LogP contribution in [0.15, 0.2) is 16.9 Å². The lowest BCUT2D eigenvalue weighted by molar-refractivity contribution is 0.152. The van der Waals surface area contributed by atoms with Crippen molar-refractivity contribution in [2.24, 2.45) is 0 Å². The van der Waals surface area contributed by atoms with Gasteiger partial charge in [-0.1, -0.05) is 26.2 Å². The van der Waals surface area contributed by atoms with Crippen LogP contribution < -0.4 is 0 Å². The second-order valence-electron chi connectivity index (χ2n) is 3.28. The third kappa shape index (κ3) is 4.08. The summed E-state index contributed by atoms with van der Waals surface area (Å²) in [6.45, 7) is 2.15. The summed E-state index contributed by atoms with van der Waals surface area (Å²) in [4.78, 5) is 3.96. The molecule has 0 aliphatic heterocycles. The zero-order valence-electron chi connectivity index (χ0n) is 8.07. The van der Waals surface area contributed by atoms with Gasteiger partial charge in [0.25, 0.3) is 0 Å². The van der Waals surface area contributed by atoms with E-state index in [2.05, 4.69) is 11.9 Å². The van der Waals surface area contributed by atoms with Gasteiger partial charge in [0.1, 0.15) is 6.26 Å². The van der Waals surface area contributed by atoms with Crippen LogP contribution in [0.1, 0.15) is 38.5 Å². The molecule has 0 saturated heterocycles. The third-order valence-corrected chi connectivity index (χ3v) is 2.03. The van der Waals surface area contributed by atoms with Crippen LogP contribution in [0, 0.1) is 0 Å². The highest BCUT2D eigenvalue weighted by Crippen LogP contribution is 2.07. The van der Waals surface area contributed by atoms with E-state index >= 15 is 0 Å². The average molecular weight is 183 g/mol. The van der Waals surface area contributed by atoms with Crippen molar-refractivity contribution >= 4 is 0 Å². The first-order chi connectivity index (χ1) is 6.33. The van der Waals surface area contributed by atoms with Crippen LogP contribution >= 0.6 is 0 Å². The zero-order valence-corrected chi connectivity index (χ0v) is 8.07. The topological polar surface area (TPSA) is 46.3 Å². The van der Waals surface area contributed by atoms with Gasteiger partial charge in [-0.15, -0.1) is 0 Å². The molecule has 0 aromatic carbocycles. The highest BCUT2D eigenvalue weighted by Gasteiger charge is 2.07. The van der Waals surface area contributed by atoms with Crippen molar-refractivity contribution in [2.75, 3.05) is 0 Å². The van der Waals surface area contributed by atoms with Gasteiger partial charge in [0.15, 0.2) is 5.89 Å². The van der Waals surface area contributed by atoms with Crippen LogP contribution in [0.5, 0.6) is 0 Å². The lowest BCUT2D eigenvalue weighted by Gasteiger charge is -2.06. The molecular formula is C10H17NO2. The lowest BCUT2D eigenvalue weighted by atomic mass is 10.1. The highest BCUT2D eigenvalue weighted by atomic mass is 16.3. The second-order valence-corrected chi connectivity index (χ2v) is 3.28. The van der Waals surface area contributed by atoms with Crippen LogP contribution in [0.4, 0.5) is 0 Å². The summed E-state index contributed by atoms with van der Waals surface area (Å²) in [5.74, 6) is 0.629. The van der Waals surface area contributed by atoms with Crippen molar-refractivity contribution < 1.29 is 9.52 Å². The van der Waals surface area contributed by atoms with Crippen molar-refractivity contribution in [3.05, 3.63) is 18.4 Å². The molecule has 1 rings (SSSR count). The van der Waals surface area contributed by atoms with E-state index in [0.717, 1.165) is 12.8 Å². The number of aliphatic hydroxyl groups excluding tert-OH is 1. The maximum Gasteiger partial charge on any atom is 0.196 e. The number of oxazole rings is 1. The first-order valence-electron chi connectivity index (χ1n) is 4.89. The maximum atomic E-state index is 9.55. The fraction of sp³-hybridized carbons (Fsp3) is 0.700. The average Bonchev–Trinajstić information content (AvgIpc) is 2.57. The molecule has 74 valence electrons. The first-order valence-corrected chi connectivity index (χ1v) is 4.89. The summed E-state index contributed by atoms with van der Waals surface area (Å²) in [6.07, 6.45) is 7.67. The molecule has 1 heterocycles. The molecule has 0 saturated carbocycles. The van der Waals surface area contributed by atoms with Crippen LogP contribution in [-0.2, 0) is 6.42 Å². The van der Waals surface area contributed by atoms with Gasteiger partial charge in [-0.3, -0.25) is 0 Å². The van der Waals surface area contributed by atoms with Crippen LogP contribution in [0.2, 0.25) is 0 Å². The summed E-state index contributed by atoms with van der Waals surface area (Å²) < 4.78 is 5.04. The fourth-order valence-corrected chi connectivity index (χ4v) is 1.29. The minimum atomic E-state index is -0.301. The van der Waals surface area contributed by atoms with Gasteiger partial charge in [-0.2, -0.15) is 0 Å². The summed E-state index contributed by atoms with van der Waals surface area (Å²) in [5.41, 5.74) is 0. The van der Waals surface area contributed by atoms with E-state index in [4.69, 9.17) is 4.42 Å². The fourth-order valence-electron chi connectivity index (χ4n) is 1.29. The Hall–Kier alpha value is -0.830. The number of hydrogen-bond donors (Lipinski definition) is 1. The Balaban J connectivity index is 2.14. The predicted octanol–water partition coefficient (Wildman–Crippen LogP) is 2.16. The molecule has 0 fully saturated rings. The third-order valence-electron chi connectivity index (χ3n) is 2.03. The summed E-state index contributed by atoms with van der Waals surface area (Å²) >= 11 is 0. The van der Waals surface area contributed by atoms with Crippen LogP contribution in [-0.4, -0.2) is 16.2 Å². The Morgan fingerprint density at radius 1 is 1.54 bits per heavy atom. The Morgan fingerprint density at radius 2 is 2.38 bits per heavy atom. The van der Waals surface area contributed by atoms with E-state index in [1.165, 1.54) is 19.1 Å². The number of unbranched alkanes of at least 4 members (excludes halogenated alkanes) is 2. The number of nitrogens with zero attached hydrogens (tertiary/aromatic N) is 1. The predicted molar refractivity (Wildman–Crippen MR) is 50.4 cm³/mol. The Kier molecular flexibility index (Phi) is 4.54. The van der Waals surface area contributed by atoms with Crippen molar-refractivity contribution in [2.45, 2.75) is 45.1 Å². The molecule has 1 atom stereocenters. The molecule has 1 unspecified atom stereocenters. The molecule has 1 N–H and O–H groups in total. The van der Waals surface area contributed by atoms with Gasteiger partial charge in [-0.25, -0.2) is 4.98 Å². The zero-order chi connectivity index (χ0) is 9.52. The number of hydrogen-bond acceptors (Lipinski definition) is 3. The van der Waals surface area contributed by atoms with Gasteiger partial charge in [0, 0.05) is 0 Å². The SMILES string of the molecule is CCCCCC(O)Cc1ncco1. The summed E-state index contributed by atoms with van der Waals surface area (Å²) in [7, 11) is 0. The monoisotopic (exact) mass is 183 g/mol. The number of aromatic nitrogens is 1. The number of rotatable bonds is 6. The molecule has 0 radical (unpaired) electrons. The van der Waals surface area contributed by atoms with E-state index in [0.29, 0.717) is 12.3 Å². The summed E-state index contributed by atoms with van der Waals surface area (Å²) in [5, 5.41) is 9.55. The minimum Gasteiger partial charge on any atom is -0.449 e. The van der Waals surface area contributed by atoms with Gasteiger partial charge < -0.3 is 9.52 Å². The Morgan fingerprint density at radius 3 is 3.00 bits per heavy atom. The van der Waals surface area contributed by atoms with Gasteiger partial charge in [-0.05, 0) is 6.42 Å². The van der Waals surface area contributed by atoms with Crippen LogP contribution in [0.3, 0.4) is 0 Å². The Labute approximate surface area is 78.8 Å². The van der Waals surface area contributed by atoms with E-state index in [-0.39, 0.29) is 6.10 Å². The second kappa shape index (κ2) is 5.75. The van der Waals surface area contributed by atoms with E-state index in [9.17, 15) is 5.11 Å². The molecule has 1 aromatic heterocycles. The molecule has 3 heteroatoms. The molecule has 0 spiro atoms. The van der Waals surface area contributed by atoms with Gasteiger partial charge in [0.2, 0.25) is 0 Å². The molecule has 0 bridgehead atoms. The minimum absolute atomic E-state index is 0.301. The van der Waals surface area contributed by atoms with E-state index < -0.39 is 0 Å². The highest BCUT2D eigenvalue weighted by molar-refractivity contribution is 4.82. The molecule has 13 heavy (non-hydrogen) atoms. The van der Waals surface area contributed by atoms with Gasteiger partial charge in [0.05, 0.1) is 18.7 Å². The maximum absolute atomic E-state index is 9.55. The van der Waals surface area contributed by atoms with Crippen molar-refractivity contribution in [3.8, 4) is 0 Å². The van der Waals surface area contributed by atoms with E-state index in [1.54, 1.807) is 6.20 Å². The molecule has 1 aromatic rings. The molecule has 0 amide bonds. The van der Waals surface area contributed by atoms with Crippen LogP contribution in [0.25, 0.3) is 0 Å². The quantitative estimate of drug-likeness (QED) is 0.687. The number of aliphatic hydroxyl groups is 1. The van der Waals surface area contributed by atoms with Gasteiger partial charge >= 0.3 is 0 Å². The van der Waals surface area contributed by atoms with Crippen molar-refractivity contribution in [3.63, 3.8) is 0 Å². The molecule has 0 aliphatic rings. The smallest absolute Gasteiger partial charge is 0.196 e. The first kappa shape index (κ1) is 10.3. The normalized spacial score (nSPS) is 13.1. The van der Waals surface area contributed by atoms with E-state index in [1.807, 2.05) is 0 Å². The largest absolute Gasteiger partial charge is 0.449 e. The van der Waals surface area contributed by atoms with Crippen molar-refractivity contribution in [1.29, 1.82) is 0 Å². The summed E-state index contributed by atoms with van der Waals surface area (Å²) in [6, 6.07) is 0. The standard InChI is InChI=1S/C10H17NO2/c1-2-3-4-5-9(12)8-10-11-6-7-13-10/h6-7,9,12H,2-5,8H2,1H3. The Bertz CT molecular complexity index is 209. The lowest BCUT2D eigenvalue weighted by Crippen LogP contribution is -2.10. The molecule has 3 nitrogen and oxygen atoms in total. The molecule has 0 aliphatic carbocycles. The molecular weight excluding hydrogens is 166 g/mol.